The molecule has 7 heteroatoms. The van der Waals surface area contributed by atoms with E-state index in [4.69, 9.17) is 16.3 Å². The molecule has 26 heavy (non-hydrogen) atoms. The molecule has 0 spiro atoms. The lowest BCUT2D eigenvalue weighted by Gasteiger charge is -2.10. The number of thiophene rings is 1. The highest BCUT2D eigenvalue weighted by Gasteiger charge is 2.28. The van der Waals surface area contributed by atoms with Gasteiger partial charge in [-0.25, -0.2) is 4.79 Å². The number of hydrogen-bond donors (Lipinski definition) is 1. The molecule has 0 unspecified atom stereocenters. The lowest BCUT2D eigenvalue weighted by atomic mass is 9.95. The first kappa shape index (κ1) is 17.0. The molecule has 1 aliphatic carbocycles. The second kappa shape index (κ2) is 6.70. The zero-order valence-electron chi connectivity index (χ0n) is 13.6. The Morgan fingerprint density at radius 2 is 1.92 bits per heavy atom. The van der Waals surface area contributed by atoms with Gasteiger partial charge in [-0.3, -0.25) is 4.79 Å². The van der Waals surface area contributed by atoms with E-state index in [1.807, 2.05) is 0 Å². The van der Waals surface area contributed by atoms with Gasteiger partial charge < -0.3 is 9.84 Å². The summed E-state index contributed by atoms with van der Waals surface area (Å²) >= 11 is 7.21. The van der Waals surface area contributed by atoms with E-state index in [1.165, 1.54) is 17.4 Å². The molecule has 0 fully saturated rings. The van der Waals surface area contributed by atoms with E-state index in [1.54, 1.807) is 24.3 Å². The number of ketones is 1. The van der Waals surface area contributed by atoms with Gasteiger partial charge in [-0.1, -0.05) is 11.6 Å². The van der Waals surface area contributed by atoms with Gasteiger partial charge in [-0.15, -0.1) is 11.3 Å². The zero-order chi connectivity index (χ0) is 18.3. The third-order valence-corrected chi connectivity index (χ3v) is 5.82. The van der Waals surface area contributed by atoms with Crippen LogP contribution in [-0.4, -0.2) is 22.8 Å². The molecule has 2 aromatic rings. The van der Waals surface area contributed by atoms with Crippen LogP contribution in [0.4, 0.5) is 5.00 Å². The van der Waals surface area contributed by atoms with Gasteiger partial charge in [0.1, 0.15) is 10.8 Å². The SMILES string of the molecule is O=C1C=C(c2ccc(Cl)cc2)OC1=Nc1sc2c(c1C(=O)O)CCCC2. The van der Waals surface area contributed by atoms with E-state index >= 15 is 0 Å². The summed E-state index contributed by atoms with van der Waals surface area (Å²) in [6.45, 7) is 0. The van der Waals surface area contributed by atoms with Gasteiger partial charge in [0.15, 0.2) is 0 Å². The summed E-state index contributed by atoms with van der Waals surface area (Å²) in [5, 5.41) is 10.5. The molecule has 0 atom stereocenters. The fraction of sp³-hybridized carbons (Fsp3) is 0.211. The van der Waals surface area contributed by atoms with Crippen LogP contribution in [0.3, 0.4) is 0 Å². The van der Waals surface area contributed by atoms with E-state index in [-0.39, 0.29) is 17.2 Å². The molecule has 2 aliphatic rings. The lowest BCUT2D eigenvalue weighted by Crippen LogP contribution is -2.08. The molecule has 0 saturated carbocycles. The average molecular weight is 388 g/mol. The Hall–Kier alpha value is -2.44. The van der Waals surface area contributed by atoms with Crippen molar-refractivity contribution in [1.29, 1.82) is 0 Å². The van der Waals surface area contributed by atoms with Crippen LogP contribution in [0.25, 0.3) is 5.76 Å². The fourth-order valence-corrected chi connectivity index (χ4v) is 4.52. The van der Waals surface area contributed by atoms with Crippen molar-refractivity contribution in [2.45, 2.75) is 25.7 Å². The Balaban J connectivity index is 1.68. The fourth-order valence-electron chi connectivity index (χ4n) is 3.14. The molecule has 0 bridgehead atoms. The van der Waals surface area contributed by atoms with Crippen molar-refractivity contribution in [2.75, 3.05) is 0 Å². The zero-order valence-corrected chi connectivity index (χ0v) is 15.2. The van der Waals surface area contributed by atoms with E-state index in [2.05, 4.69) is 4.99 Å². The molecular weight excluding hydrogens is 374 g/mol. The molecule has 5 nitrogen and oxygen atoms in total. The van der Waals surface area contributed by atoms with E-state index in [0.29, 0.717) is 21.3 Å². The first-order valence-corrected chi connectivity index (χ1v) is 9.38. The number of carbonyl (C=O) groups excluding carboxylic acids is 1. The molecule has 1 aromatic heterocycles. The lowest BCUT2D eigenvalue weighted by molar-refractivity contribution is -0.109. The quantitative estimate of drug-likeness (QED) is 0.831. The molecule has 1 aliphatic heterocycles. The maximum atomic E-state index is 12.3. The number of benzene rings is 1. The average Bonchev–Trinajstić information content (AvgIpc) is 3.16. The van der Waals surface area contributed by atoms with Gasteiger partial charge in [0, 0.05) is 21.5 Å². The minimum Gasteiger partial charge on any atom is -0.478 e. The summed E-state index contributed by atoms with van der Waals surface area (Å²) in [5.74, 6) is -1.11. The standard InChI is InChI=1S/C19H14ClNO4S/c20-11-7-5-10(6-8-11)14-9-13(22)17(25-14)21-18-16(19(23)24)12-3-1-2-4-15(12)26-18/h5-9H,1-4H2,(H,23,24). The number of halogens is 1. The van der Waals surface area contributed by atoms with Crippen molar-refractivity contribution in [3.8, 4) is 0 Å². The molecule has 1 N–H and O–H groups in total. The molecule has 0 radical (unpaired) electrons. The van der Waals surface area contributed by atoms with Crippen molar-refractivity contribution in [1.82, 2.24) is 0 Å². The Bertz CT molecular complexity index is 972. The minimum atomic E-state index is -1.01. The number of carbonyl (C=O) groups is 2. The van der Waals surface area contributed by atoms with Gasteiger partial charge in [0.25, 0.3) is 5.90 Å². The van der Waals surface area contributed by atoms with Crippen molar-refractivity contribution in [2.24, 2.45) is 4.99 Å². The van der Waals surface area contributed by atoms with Crippen LogP contribution in [0.5, 0.6) is 0 Å². The Morgan fingerprint density at radius 3 is 2.65 bits per heavy atom. The molecule has 0 saturated heterocycles. The van der Waals surface area contributed by atoms with Crippen LogP contribution in [0, 0.1) is 0 Å². The highest BCUT2D eigenvalue weighted by atomic mass is 35.5. The molecule has 132 valence electrons. The predicted molar refractivity (Wildman–Crippen MR) is 101 cm³/mol. The number of aryl methyl sites for hydroxylation is 1. The summed E-state index contributed by atoms with van der Waals surface area (Å²) in [6.07, 6.45) is 4.96. The monoisotopic (exact) mass is 387 g/mol. The summed E-state index contributed by atoms with van der Waals surface area (Å²) in [5.41, 5.74) is 1.76. The second-order valence-electron chi connectivity index (χ2n) is 6.09. The van der Waals surface area contributed by atoms with Crippen molar-refractivity contribution in [3.63, 3.8) is 0 Å². The normalized spacial score (nSPS) is 17.8. The summed E-state index contributed by atoms with van der Waals surface area (Å²) in [4.78, 5) is 29.3. The Kier molecular flexibility index (Phi) is 4.38. The van der Waals surface area contributed by atoms with Crippen LogP contribution < -0.4 is 0 Å². The molecule has 4 rings (SSSR count). The number of aliphatic imine (C=N–C) groups is 1. The Morgan fingerprint density at radius 1 is 1.19 bits per heavy atom. The van der Waals surface area contributed by atoms with Gasteiger partial charge in [0.05, 0.1) is 5.56 Å². The number of nitrogens with zero attached hydrogens (tertiary/aromatic N) is 1. The summed E-state index contributed by atoms with van der Waals surface area (Å²) in [6, 6.07) is 6.90. The number of fused-ring (bicyclic) bond motifs is 1. The van der Waals surface area contributed by atoms with Gasteiger partial charge >= 0.3 is 5.97 Å². The smallest absolute Gasteiger partial charge is 0.339 e. The number of rotatable bonds is 3. The van der Waals surface area contributed by atoms with Gasteiger partial charge in [-0.05, 0) is 55.5 Å². The number of hydrogen-bond acceptors (Lipinski definition) is 5. The van der Waals surface area contributed by atoms with Crippen molar-refractivity contribution in [3.05, 3.63) is 56.9 Å². The minimum absolute atomic E-state index is 0.101. The second-order valence-corrected chi connectivity index (χ2v) is 7.62. The number of carboxylic acids is 1. The maximum Gasteiger partial charge on any atom is 0.339 e. The predicted octanol–water partition coefficient (Wildman–Crippen LogP) is 4.65. The number of ether oxygens (including phenoxy) is 1. The summed E-state index contributed by atoms with van der Waals surface area (Å²) in [7, 11) is 0. The summed E-state index contributed by atoms with van der Waals surface area (Å²) < 4.78 is 5.60. The topological polar surface area (TPSA) is 76.0 Å². The highest BCUT2D eigenvalue weighted by molar-refractivity contribution is 7.16. The maximum absolute atomic E-state index is 12.3. The van der Waals surface area contributed by atoms with Crippen molar-refractivity contribution < 1.29 is 19.4 Å². The van der Waals surface area contributed by atoms with Crippen LogP contribution in [0.15, 0.2) is 35.3 Å². The van der Waals surface area contributed by atoms with Crippen LogP contribution in [-0.2, 0) is 22.4 Å². The van der Waals surface area contributed by atoms with Crippen LogP contribution >= 0.6 is 22.9 Å². The Labute approximate surface area is 158 Å². The number of carboxylic acid groups (broad SMARTS) is 1. The van der Waals surface area contributed by atoms with Gasteiger partial charge in [-0.2, -0.15) is 4.99 Å². The van der Waals surface area contributed by atoms with Crippen LogP contribution in [0.2, 0.25) is 5.02 Å². The first-order valence-electron chi connectivity index (χ1n) is 8.19. The third-order valence-electron chi connectivity index (χ3n) is 4.38. The largest absolute Gasteiger partial charge is 0.478 e. The number of aromatic carboxylic acids is 1. The van der Waals surface area contributed by atoms with Crippen molar-refractivity contribution >= 4 is 51.3 Å². The van der Waals surface area contributed by atoms with E-state index in [9.17, 15) is 14.7 Å². The van der Waals surface area contributed by atoms with Crippen LogP contribution in [0.1, 0.15) is 39.2 Å². The van der Waals surface area contributed by atoms with E-state index < -0.39 is 5.97 Å². The molecule has 0 amide bonds. The van der Waals surface area contributed by atoms with E-state index in [0.717, 1.165) is 36.1 Å². The van der Waals surface area contributed by atoms with Gasteiger partial charge in [0.2, 0.25) is 5.78 Å². The highest BCUT2D eigenvalue weighted by Crippen LogP contribution is 2.40. The molecular formula is C19H14ClNO4S. The first-order chi connectivity index (χ1) is 12.5. The third kappa shape index (κ3) is 3.06. The molecule has 1 aromatic carbocycles. The molecule has 2 heterocycles.